The molecule has 12 heavy (non-hydrogen) atoms. The van der Waals surface area contributed by atoms with Gasteiger partial charge in [-0.3, -0.25) is 4.79 Å². The van der Waals surface area contributed by atoms with Gasteiger partial charge in [-0.25, -0.2) is 4.79 Å². The van der Waals surface area contributed by atoms with E-state index in [1.165, 1.54) is 0 Å². The van der Waals surface area contributed by atoms with Gasteiger partial charge in [-0.05, 0) is 6.92 Å². The Morgan fingerprint density at radius 3 is 2.00 bits per heavy atom. The summed E-state index contributed by atoms with van der Waals surface area (Å²) in [6, 6.07) is 0. The van der Waals surface area contributed by atoms with Crippen molar-refractivity contribution < 1.29 is 19.4 Å². The zero-order valence-corrected chi connectivity index (χ0v) is 7.37. The minimum atomic E-state index is -0.981. The fraction of sp³-hybridized carbons (Fsp3) is 0.500. The van der Waals surface area contributed by atoms with Gasteiger partial charge in [-0.2, -0.15) is 0 Å². The number of carbonyl (C=O) groups excluding carboxylic acids is 1. The lowest BCUT2D eigenvalue weighted by molar-refractivity contribution is -0.142. The van der Waals surface area contributed by atoms with Crippen molar-refractivity contribution in [1.82, 2.24) is 0 Å². The third-order valence-electron chi connectivity index (χ3n) is 0.769. The molecule has 0 radical (unpaired) electrons. The molecule has 4 heteroatoms. The lowest BCUT2D eigenvalue weighted by Crippen LogP contribution is -2.00. The Morgan fingerprint density at radius 1 is 1.50 bits per heavy atom. The molecule has 0 atom stereocenters. The molecule has 0 heterocycles. The molecule has 0 fully saturated rings. The van der Waals surface area contributed by atoms with Crippen molar-refractivity contribution >= 4 is 11.9 Å². The summed E-state index contributed by atoms with van der Waals surface area (Å²) in [4.78, 5) is 19.4. The predicted molar refractivity (Wildman–Crippen MR) is 44.8 cm³/mol. The van der Waals surface area contributed by atoms with Gasteiger partial charge in [0.15, 0.2) is 0 Å². The van der Waals surface area contributed by atoms with Crippen LogP contribution in [0.1, 0.15) is 20.3 Å². The highest BCUT2D eigenvalue weighted by Crippen LogP contribution is 1.80. The Kier molecular flexibility index (Phi) is 10.7. The molecule has 0 aliphatic heterocycles. The molecule has 0 amide bonds. The highest BCUT2D eigenvalue weighted by Gasteiger charge is 1.91. The smallest absolute Gasteiger partial charge is 0.327 e. The van der Waals surface area contributed by atoms with Crippen molar-refractivity contribution in [3.63, 3.8) is 0 Å². The number of hydrogen-bond acceptors (Lipinski definition) is 3. The van der Waals surface area contributed by atoms with Gasteiger partial charge in [0, 0.05) is 12.5 Å². The molecule has 0 aromatic heterocycles. The maximum absolute atomic E-state index is 10.2. The van der Waals surface area contributed by atoms with Gasteiger partial charge in [-0.1, -0.05) is 13.5 Å². The van der Waals surface area contributed by atoms with Gasteiger partial charge in [0.05, 0.1) is 6.61 Å². The van der Waals surface area contributed by atoms with Crippen LogP contribution in [0.25, 0.3) is 0 Å². The number of esters is 1. The van der Waals surface area contributed by atoms with E-state index in [1.807, 2.05) is 0 Å². The second kappa shape index (κ2) is 9.68. The zero-order chi connectivity index (χ0) is 9.98. The molecule has 0 bridgehead atoms. The number of carbonyl (C=O) groups is 2. The molecule has 0 unspecified atom stereocenters. The summed E-state index contributed by atoms with van der Waals surface area (Å²) in [5.41, 5.74) is 0. The molecule has 0 aromatic rings. The Hall–Kier alpha value is -1.32. The lowest BCUT2D eigenvalue weighted by Gasteiger charge is -1.93. The summed E-state index contributed by atoms with van der Waals surface area (Å²) >= 11 is 0. The highest BCUT2D eigenvalue weighted by atomic mass is 16.5. The summed E-state index contributed by atoms with van der Waals surface area (Å²) in [5.74, 6) is -1.10. The highest BCUT2D eigenvalue weighted by molar-refractivity contribution is 5.78. The average molecular weight is 174 g/mol. The molecule has 4 nitrogen and oxygen atoms in total. The minimum absolute atomic E-state index is 0.123. The first kappa shape index (κ1) is 13.3. The van der Waals surface area contributed by atoms with Gasteiger partial charge >= 0.3 is 11.9 Å². The first-order chi connectivity index (χ1) is 5.58. The van der Waals surface area contributed by atoms with Crippen LogP contribution in [0.4, 0.5) is 0 Å². The number of carboxylic acids is 1. The van der Waals surface area contributed by atoms with Crippen molar-refractivity contribution in [2.75, 3.05) is 6.61 Å². The van der Waals surface area contributed by atoms with E-state index in [1.54, 1.807) is 13.8 Å². The molecule has 0 saturated heterocycles. The van der Waals surface area contributed by atoms with Crippen LogP contribution in [0.3, 0.4) is 0 Å². The molecule has 0 saturated carbocycles. The van der Waals surface area contributed by atoms with Crippen LogP contribution in [-0.4, -0.2) is 23.7 Å². The third-order valence-corrected chi connectivity index (χ3v) is 0.769. The molecular weight excluding hydrogens is 160 g/mol. The van der Waals surface area contributed by atoms with Gasteiger partial charge in [0.2, 0.25) is 0 Å². The van der Waals surface area contributed by atoms with Crippen molar-refractivity contribution in [2.24, 2.45) is 0 Å². The van der Waals surface area contributed by atoms with Crippen LogP contribution in [0.5, 0.6) is 0 Å². The minimum Gasteiger partial charge on any atom is -0.478 e. The van der Waals surface area contributed by atoms with Crippen molar-refractivity contribution in [1.29, 1.82) is 0 Å². The first-order valence-corrected chi connectivity index (χ1v) is 3.59. The van der Waals surface area contributed by atoms with Crippen LogP contribution in [0.15, 0.2) is 12.7 Å². The Morgan fingerprint density at radius 2 is 1.92 bits per heavy atom. The molecule has 0 aromatic carbocycles. The maximum atomic E-state index is 10.2. The average Bonchev–Trinajstić information content (AvgIpc) is 2.06. The van der Waals surface area contributed by atoms with Crippen molar-refractivity contribution in [3.05, 3.63) is 12.7 Å². The van der Waals surface area contributed by atoms with Gasteiger partial charge in [0.25, 0.3) is 0 Å². The SMILES string of the molecule is C=CC(=O)O.CCOC(=O)CC. The van der Waals surface area contributed by atoms with E-state index in [0.717, 1.165) is 6.08 Å². The zero-order valence-electron chi connectivity index (χ0n) is 7.37. The van der Waals surface area contributed by atoms with Crippen LogP contribution in [0.2, 0.25) is 0 Å². The van der Waals surface area contributed by atoms with Gasteiger partial charge < -0.3 is 9.84 Å². The standard InChI is InChI=1S/C5H10O2.C3H4O2/c1-3-5(6)7-4-2;1-2-3(4)5/h3-4H2,1-2H3;2H,1H2,(H,4,5). The second-order valence-corrected chi connectivity index (χ2v) is 1.70. The van der Waals surface area contributed by atoms with Gasteiger partial charge in [0.1, 0.15) is 0 Å². The monoisotopic (exact) mass is 174 g/mol. The van der Waals surface area contributed by atoms with E-state index >= 15 is 0 Å². The molecule has 0 aliphatic rings. The van der Waals surface area contributed by atoms with E-state index in [9.17, 15) is 9.59 Å². The first-order valence-electron chi connectivity index (χ1n) is 3.59. The fourth-order valence-corrected chi connectivity index (χ4v) is 0.263. The summed E-state index contributed by atoms with van der Waals surface area (Å²) in [6.07, 6.45) is 1.31. The Balaban J connectivity index is 0. The van der Waals surface area contributed by atoms with E-state index < -0.39 is 5.97 Å². The molecule has 1 N–H and O–H groups in total. The summed E-state index contributed by atoms with van der Waals surface area (Å²) in [5, 5.41) is 7.60. The molecule has 0 aliphatic carbocycles. The third kappa shape index (κ3) is 15.9. The van der Waals surface area contributed by atoms with E-state index in [0.29, 0.717) is 13.0 Å². The quantitative estimate of drug-likeness (QED) is 0.516. The number of carboxylic acid groups (broad SMARTS) is 1. The lowest BCUT2D eigenvalue weighted by atomic mass is 10.5. The Bertz CT molecular complexity index is 151. The Labute approximate surface area is 71.8 Å². The van der Waals surface area contributed by atoms with Crippen LogP contribution < -0.4 is 0 Å². The number of hydrogen-bond donors (Lipinski definition) is 1. The molecule has 0 spiro atoms. The second-order valence-electron chi connectivity index (χ2n) is 1.70. The molecular formula is C8H14O4. The number of ether oxygens (including phenoxy) is 1. The predicted octanol–water partition coefficient (Wildman–Crippen LogP) is 1.22. The molecule has 0 rings (SSSR count). The van der Waals surface area contributed by atoms with Crippen LogP contribution in [-0.2, 0) is 14.3 Å². The number of rotatable bonds is 3. The van der Waals surface area contributed by atoms with Gasteiger partial charge in [-0.15, -0.1) is 0 Å². The topological polar surface area (TPSA) is 63.6 Å². The van der Waals surface area contributed by atoms with Crippen molar-refractivity contribution in [2.45, 2.75) is 20.3 Å². The largest absolute Gasteiger partial charge is 0.478 e. The van der Waals surface area contributed by atoms with Crippen LogP contribution >= 0.6 is 0 Å². The van der Waals surface area contributed by atoms with E-state index in [2.05, 4.69) is 11.3 Å². The summed E-state index contributed by atoms with van der Waals surface area (Å²) in [7, 11) is 0. The summed E-state index contributed by atoms with van der Waals surface area (Å²) in [6.45, 7) is 7.03. The van der Waals surface area contributed by atoms with Crippen molar-refractivity contribution in [3.8, 4) is 0 Å². The fourth-order valence-electron chi connectivity index (χ4n) is 0.263. The van der Waals surface area contributed by atoms with Crippen LogP contribution in [0, 0.1) is 0 Å². The number of aliphatic carboxylic acids is 1. The normalized spacial score (nSPS) is 7.50. The summed E-state index contributed by atoms with van der Waals surface area (Å²) < 4.78 is 4.55. The maximum Gasteiger partial charge on any atom is 0.327 e. The molecule has 70 valence electrons. The van der Waals surface area contributed by atoms with E-state index in [-0.39, 0.29) is 5.97 Å². The van der Waals surface area contributed by atoms with E-state index in [4.69, 9.17) is 5.11 Å².